The predicted octanol–water partition coefficient (Wildman–Crippen LogP) is 0.230. The van der Waals surface area contributed by atoms with Crippen LogP contribution in [0.2, 0.25) is 0 Å². The molecule has 0 amide bonds. The van der Waals surface area contributed by atoms with Crippen LogP contribution in [0, 0.1) is 0 Å². The predicted molar refractivity (Wildman–Crippen MR) is 46.0 cm³/mol. The van der Waals surface area contributed by atoms with E-state index in [1.807, 2.05) is 0 Å². The number of hydrogen-bond donors (Lipinski definition) is 1. The molecule has 0 unspecified atom stereocenters. The van der Waals surface area contributed by atoms with Crippen LogP contribution in [0.3, 0.4) is 0 Å². The fraction of sp³-hybridized carbons (Fsp3) is 1.00. The van der Waals surface area contributed by atoms with Gasteiger partial charge in [-0.25, -0.2) is 0 Å². The van der Waals surface area contributed by atoms with Crippen molar-refractivity contribution in [3.05, 3.63) is 0 Å². The average molecular weight is 171 g/mol. The second kappa shape index (κ2) is 2.69. The van der Waals surface area contributed by atoms with E-state index in [1.165, 1.54) is 0 Å². The zero-order chi connectivity index (χ0) is 8.77. The van der Waals surface area contributed by atoms with Crippen LogP contribution in [0.5, 0.6) is 0 Å². The lowest BCUT2D eigenvalue weighted by Gasteiger charge is -2.50. The quantitative estimate of drug-likeness (QED) is 0.613. The van der Waals surface area contributed by atoms with Gasteiger partial charge in [0.2, 0.25) is 0 Å². The van der Waals surface area contributed by atoms with Crippen molar-refractivity contribution >= 4 is 0 Å². The number of aliphatic hydroxyl groups excluding tert-OH is 1. The first-order valence-corrected chi connectivity index (χ1v) is 4.70. The van der Waals surface area contributed by atoms with Crippen molar-refractivity contribution in [3.63, 3.8) is 0 Å². The van der Waals surface area contributed by atoms with Crippen LogP contribution in [0.1, 0.15) is 20.3 Å². The van der Waals surface area contributed by atoms with Crippen molar-refractivity contribution in [3.8, 4) is 0 Å². The van der Waals surface area contributed by atoms with Crippen molar-refractivity contribution in [2.45, 2.75) is 38.0 Å². The summed E-state index contributed by atoms with van der Waals surface area (Å²) in [5, 5.41) is 9.65. The summed E-state index contributed by atoms with van der Waals surface area (Å²) in [6, 6.07) is 0.576. The Morgan fingerprint density at radius 3 is 2.58 bits per heavy atom. The zero-order valence-electron chi connectivity index (χ0n) is 7.79. The summed E-state index contributed by atoms with van der Waals surface area (Å²) in [5.41, 5.74) is -0.190. The molecule has 1 spiro atoms. The number of nitrogens with zero attached hydrogens (tertiary/aromatic N) is 1. The molecule has 3 heteroatoms. The first-order chi connectivity index (χ1) is 5.64. The van der Waals surface area contributed by atoms with Crippen molar-refractivity contribution in [2.24, 2.45) is 0 Å². The highest BCUT2D eigenvalue weighted by atomic mass is 16.5. The van der Waals surface area contributed by atoms with Crippen LogP contribution in [0.25, 0.3) is 0 Å². The van der Waals surface area contributed by atoms with Gasteiger partial charge < -0.3 is 9.84 Å². The maximum absolute atomic E-state index is 9.65. The fourth-order valence-corrected chi connectivity index (χ4v) is 2.04. The first-order valence-electron chi connectivity index (χ1n) is 4.70. The third-order valence-electron chi connectivity index (χ3n) is 3.06. The lowest BCUT2D eigenvalue weighted by atomic mass is 9.87. The third-order valence-corrected chi connectivity index (χ3v) is 3.06. The third kappa shape index (κ3) is 1.08. The molecule has 12 heavy (non-hydrogen) atoms. The van der Waals surface area contributed by atoms with Crippen LogP contribution >= 0.6 is 0 Å². The maximum atomic E-state index is 9.65. The molecule has 2 rings (SSSR count). The van der Waals surface area contributed by atoms with Gasteiger partial charge in [0.15, 0.2) is 0 Å². The molecule has 2 fully saturated rings. The maximum Gasteiger partial charge on any atom is 0.119 e. The molecule has 2 saturated heterocycles. The Morgan fingerprint density at radius 2 is 2.17 bits per heavy atom. The van der Waals surface area contributed by atoms with E-state index in [0.29, 0.717) is 6.04 Å². The monoisotopic (exact) mass is 171 g/mol. The molecule has 3 nitrogen and oxygen atoms in total. The molecule has 70 valence electrons. The molecule has 2 aliphatic heterocycles. The van der Waals surface area contributed by atoms with E-state index < -0.39 is 0 Å². The van der Waals surface area contributed by atoms with Crippen LogP contribution in [0.15, 0.2) is 0 Å². The van der Waals surface area contributed by atoms with E-state index in [2.05, 4.69) is 18.7 Å². The molecule has 1 atom stereocenters. The Labute approximate surface area is 73.3 Å². The lowest BCUT2D eigenvalue weighted by Crippen LogP contribution is -2.67. The Morgan fingerprint density at radius 1 is 1.50 bits per heavy atom. The summed E-state index contributed by atoms with van der Waals surface area (Å²) in [4.78, 5) is 2.33. The fourth-order valence-electron chi connectivity index (χ4n) is 2.04. The van der Waals surface area contributed by atoms with Gasteiger partial charge in [0, 0.05) is 19.1 Å². The molecule has 2 heterocycles. The van der Waals surface area contributed by atoms with Crippen molar-refractivity contribution < 1.29 is 9.84 Å². The molecule has 0 aromatic carbocycles. The molecule has 1 N–H and O–H groups in total. The van der Waals surface area contributed by atoms with Gasteiger partial charge in [-0.3, -0.25) is 4.90 Å². The van der Waals surface area contributed by atoms with Gasteiger partial charge in [-0.1, -0.05) is 0 Å². The molecule has 0 radical (unpaired) electrons. The molecular weight excluding hydrogens is 154 g/mol. The van der Waals surface area contributed by atoms with E-state index in [0.717, 1.165) is 26.1 Å². The zero-order valence-corrected chi connectivity index (χ0v) is 7.79. The van der Waals surface area contributed by atoms with Gasteiger partial charge in [-0.15, -0.1) is 0 Å². The minimum atomic E-state index is -0.229. The summed E-state index contributed by atoms with van der Waals surface area (Å²) in [6.45, 7) is 6.90. The molecule has 0 aromatic rings. The highest BCUT2D eigenvalue weighted by Crippen LogP contribution is 2.35. The van der Waals surface area contributed by atoms with Crippen LogP contribution in [-0.2, 0) is 4.74 Å². The number of aliphatic hydroxyl groups is 1. The largest absolute Gasteiger partial charge is 0.390 e. The molecule has 0 saturated carbocycles. The number of likely N-dealkylation sites (tertiary alicyclic amines) is 1. The molecule has 0 aliphatic carbocycles. The summed E-state index contributed by atoms with van der Waals surface area (Å²) in [5.74, 6) is 0. The molecule has 0 bridgehead atoms. The van der Waals surface area contributed by atoms with Gasteiger partial charge in [0.1, 0.15) is 5.60 Å². The Kier molecular flexibility index (Phi) is 1.90. The highest BCUT2D eigenvalue weighted by Gasteiger charge is 2.52. The van der Waals surface area contributed by atoms with E-state index in [9.17, 15) is 5.11 Å². The highest BCUT2D eigenvalue weighted by molar-refractivity contribution is 5.05. The van der Waals surface area contributed by atoms with Crippen LogP contribution in [0.4, 0.5) is 0 Å². The molecular formula is C9H17NO2. The van der Waals surface area contributed by atoms with Gasteiger partial charge in [-0.2, -0.15) is 0 Å². The summed E-state index contributed by atoms with van der Waals surface area (Å²) < 4.78 is 5.58. The smallest absolute Gasteiger partial charge is 0.119 e. The van der Waals surface area contributed by atoms with E-state index in [4.69, 9.17) is 4.74 Å². The van der Waals surface area contributed by atoms with Crippen molar-refractivity contribution in [2.75, 3.05) is 19.7 Å². The van der Waals surface area contributed by atoms with Crippen LogP contribution in [-0.4, -0.2) is 47.4 Å². The van der Waals surface area contributed by atoms with E-state index in [-0.39, 0.29) is 11.7 Å². The summed E-state index contributed by atoms with van der Waals surface area (Å²) >= 11 is 0. The van der Waals surface area contributed by atoms with Gasteiger partial charge >= 0.3 is 0 Å². The number of hydrogen-bond acceptors (Lipinski definition) is 3. The second-order valence-electron chi connectivity index (χ2n) is 4.22. The molecule has 2 aliphatic rings. The minimum absolute atomic E-state index is 0.190. The first kappa shape index (κ1) is 8.48. The Hall–Kier alpha value is -0.120. The summed E-state index contributed by atoms with van der Waals surface area (Å²) in [6.07, 6.45) is 0.582. The Bertz CT molecular complexity index is 175. The second-order valence-corrected chi connectivity index (χ2v) is 4.22. The average Bonchev–Trinajstić information content (AvgIpc) is 2.26. The van der Waals surface area contributed by atoms with Crippen LogP contribution < -0.4 is 0 Å². The van der Waals surface area contributed by atoms with Crippen molar-refractivity contribution in [1.29, 1.82) is 0 Å². The minimum Gasteiger partial charge on any atom is -0.390 e. The van der Waals surface area contributed by atoms with Gasteiger partial charge in [0.05, 0.1) is 12.7 Å². The summed E-state index contributed by atoms with van der Waals surface area (Å²) in [7, 11) is 0. The van der Waals surface area contributed by atoms with Gasteiger partial charge in [0.25, 0.3) is 0 Å². The van der Waals surface area contributed by atoms with Crippen molar-refractivity contribution in [1.82, 2.24) is 4.90 Å². The number of rotatable bonds is 1. The van der Waals surface area contributed by atoms with E-state index >= 15 is 0 Å². The lowest BCUT2D eigenvalue weighted by molar-refractivity contribution is -0.161. The number of ether oxygens (including phenoxy) is 1. The van der Waals surface area contributed by atoms with Gasteiger partial charge in [-0.05, 0) is 20.3 Å². The topological polar surface area (TPSA) is 32.7 Å². The standard InChI is InChI=1S/C9H17NO2/c1-7(2)10-5-9(6-10)8(11)3-4-12-9/h7-8,11H,3-6H2,1-2H3/t8-/m0/s1. The van der Waals surface area contributed by atoms with E-state index in [1.54, 1.807) is 0 Å². The Balaban J connectivity index is 1.93. The molecule has 0 aromatic heterocycles. The normalized spacial score (nSPS) is 34.5. The SMILES string of the molecule is CC(C)N1CC2(C1)OCC[C@@H]2O.